The first-order valence-corrected chi connectivity index (χ1v) is 6.74. The number of methoxy groups -OCH3 is 1. The fourth-order valence-electron chi connectivity index (χ4n) is 2.46. The van der Waals surface area contributed by atoms with Crippen LogP contribution in [0.2, 0.25) is 0 Å². The molecule has 0 saturated carbocycles. The maximum Gasteiger partial charge on any atom is 0.194 e. The van der Waals surface area contributed by atoms with E-state index in [0.717, 1.165) is 22.2 Å². The molecule has 0 aliphatic heterocycles. The molecule has 3 nitrogen and oxygen atoms in total. The zero-order chi connectivity index (χ0) is 14.8. The summed E-state index contributed by atoms with van der Waals surface area (Å²) in [5.41, 5.74) is 3.09. The van der Waals surface area contributed by atoms with Crippen molar-refractivity contribution in [1.29, 1.82) is 0 Å². The van der Waals surface area contributed by atoms with Gasteiger partial charge in [-0.1, -0.05) is 18.2 Å². The predicted molar refractivity (Wildman–Crippen MR) is 82.9 cm³/mol. The Morgan fingerprint density at radius 2 is 1.86 bits per heavy atom. The lowest BCUT2D eigenvalue weighted by Gasteiger charge is -2.09. The average Bonchev–Trinajstić information content (AvgIpc) is 2.53. The van der Waals surface area contributed by atoms with E-state index < -0.39 is 0 Å². The second-order valence-corrected chi connectivity index (χ2v) is 4.89. The minimum absolute atomic E-state index is 0.00810. The second-order valence-electron chi connectivity index (χ2n) is 4.89. The van der Waals surface area contributed by atoms with Gasteiger partial charge in [0.1, 0.15) is 5.75 Å². The van der Waals surface area contributed by atoms with Crippen LogP contribution < -0.4 is 4.74 Å². The highest BCUT2D eigenvalue weighted by atomic mass is 16.5. The van der Waals surface area contributed by atoms with Crippen LogP contribution >= 0.6 is 0 Å². The molecule has 2 aromatic carbocycles. The van der Waals surface area contributed by atoms with Gasteiger partial charge in [-0.15, -0.1) is 0 Å². The number of carbonyl (C=O) groups excluding carboxylic acids is 1. The van der Waals surface area contributed by atoms with Crippen LogP contribution in [0.3, 0.4) is 0 Å². The fourth-order valence-corrected chi connectivity index (χ4v) is 2.46. The van der Waals surface area contributed by atoms with Crippen molar-refractivity contribution < 1.29 is 9.53 Å². The Bertz CT molecular complexity index is 819. The van der Waals surface area contributed by atoms with Crippen LogP contribution in [0.4, 0.5) is 0 Å². The molecule has 104 valence electrons. The molecule has 0 bridgehead atoms. The van der Waals surface area contributed by atoms with E-state index in [0.29, 0.717) is 11.1 Å². The molecule has 0 aliphatic carbocycles. The summed E-state index contributed by atoms with van der Waals surface area (Å²) < 4.78 is 5.18. The van der Waals surface area contributed by atoms with Crippen molar-refractivity contribution in [1.82, 2.24) is 4.98 Å². The first-order valence-electron chi connectivity index (χ1n) is 6.74. The van der Waals surface area contributed by atoms with E-state index in [4.69, 9.17) is 4.74 Å². The Morgan fingerprint density at radius 3 is 2.62 bits per heavy atom. The van der Waals surface area contributed by atoms with Gasteiger partial charge in [0.05, 0.1) is 12.6 Å². The Kier molecular flexibility index (Phi) is 3.40. The summed E-state index contributed by atoms with van der Waals surface area (Å²) in [6.07, 6.45) is 1.68. The van der Waals surface area contributed by atoms with Crippen molar-refractivity contribution in [2.75, 3.05) is 7.11 Å². The lowest BCUT2D eigenvalue weighted by atomic mass is 9.96. The molecule has 3 heteroatoms. The summed E-state index contributed by atoms with van der Waals surface area (Å²) in [5.74, 6) is 0.761. The monoisotopic (exact) mass is 277 g/mol. The zero-order valence-corrected chi connectivity index (χ0v) is 12.0. The Balaban J connectivity index is 2.13. The molecule has 3 rings (SSSR count). The van der Waals surface area contributed by atoms with Gasteiger partial charge < -0.3 is 4.74 Å². The van der Waals surface area contributed by atoms with Gasteiger partial charge >= 0.3 is 0 Å². The molecule has 0 spiro atoms. The highest BCUT2D eigenvalue weighted by Crippen LogP contribution is 2.23. The SMILES string of the molecule is COc1ccc(C(=O)c2ccnc3ccccc23)c(C)c1. The first-order chi connectivity index (χ1) is 10.2. The molecule has 21 heavy (non-hydrogen) atoms. The highest BCUT2D eigenvalue weighted by molar-refractivity contribution is 6.16. The third kappa shape index (κ3) is 2.38. The van der Waals surface area contributed by atoms with Crippen molar-refractivity contribution >= 4 is 16.7 Å². The highest BCUT2D eigenvalue weighted by Gasteiger charge is 2.15. The van der Waals surface area contributed by atoms with Crippen molar-refractivity contribution in [3.63, 3.8) is 0 Å². The van der Waals surface area contributed by atoms with E-state index >= 15 is 0 Å². The number of carbonyl (C=O) groups is 1. The zero-order valence-electron chi connectivity index (χ0n) is 12.0. The number of ether oxygens (including phenoxy) is 1. The summed E-state index contributed by atoms with van der Waals surface area (Å²) in [4.78, 5) is 17.1. The first kappa shape index (κ1) is 13.3. The average molecular weight is 277 g/mol. The van der Waals surface area contributed by atoms with Gasteiger partial charge in [-0.2, -0.15) is 0 Å². The molecule has 1 aromatic heterocycles. The molecule has 0 saturated heterocycles. The van der Waals surface area contributed by atoms with E-state index in [1.54, 1.807) is 19.4 Å². The van der Waals surface area contributed by atoms with E-state index in [-0.39, 0.29) is 5.78 Å². The van der Waals surface area contributed by atoms with Crippen molar-refractivity contribution in [3.05, 3.63) is 71.4 Å². The third-order valence-electron chi connectivity index (χ3n) is 3.57. The molecule has 3 aromatic rings. The van der Waals surface area contributed by atoms with Gasteiger partial charge in [0.2, 0.25) is 0 Å². The minimum atomic E-state index is 0.00810. The van der Waals surface area contributed by atoms with E-state index in [1.165, 1.54) is 0 Å². The number of benzene rings is 2. The Morgan fingerprint density at radius 1 is 1.05 bits per heavy atom. The number of ketones is 1. The fraction of sp³-hybridized carbons (Fsp3) is 0.111. The number of hydrogen-bond acceptors (Lipinski definition) is 3. The molecule has 0 radical (unpaired) electrons. The molecular formula is C18H15NO2. The van der Waals surface area contributed by atoms with Gasteiger partial charge in [-0.3, -0.25) is 9.78 Å². The molecular weight excluding hydrogens is 262 g/mol. The van der Waals surface area contributed by atoms with Crippen LogP contribution in [-0.2, 0) is 0 Å². The standard InChI is InChI=1S/C18H15NO2/c1-12-11-13(21-2)7-8-14(12)18(20)16-9-10-19-17-6-4-3-5-15(16)17/h3-11H,1-2H3. The number of nitrogens with zero attached hydrogens (tertiary/aromatic N) is 1. The smallest absolute Gasteiger partial charge is 0.194 e. The van der Waals surface area contributed by atoms with E-state index in [9.17, 15) is 4.79 Å². The van der Waals surface area contributed by atoms with Crippen LogP contribution in [0.5, 0.6) is 5.75 Å². The number of pyridine rings is 1. The van der Waals surface area contributed by atoms with Crippen molar-refractivity contribution in [2.45, 2.75) is 6.92 Å². The molecule has 0 fully saturated rings. The molecule has 0 amide bonds. The van der Waals surface area contributed by atoms with Crippen LogP contribution in [0.25, 0.3) is 10.9 Å². The lowest BCUT2D eigenvalue weighted by Crippen LogP contribution is -2.05. The number of hydrogen-bond donors (Lipinski definition) is 0. The second kappa shape index (κ2) is 5.37. The van der Waals surface area contributed by atoms with Crippen LogP contribution in [0.15, 0.2) is 54.7 Å². The molecule has 0 unspecified atom stereocenters. The maximum absolute atomic E-state index is 12.8. The van der Waals surface area contributed by atoms with Crippen molar-refractivity contribution in [2.24, 2.45) is 0 Å². The van der Waals surface area contributed by atoms with Crippen LogP contribution in [0, 0.1) is 6.92 Å². The van der Waals surface area contributed by atoms with Crippen LogP contribution in [-0.4, -0.2) is 17.9 Å². The number of rotatable bonds is 3. The number of aryl methyl sites for hydroxylation is 1. The summed E-state index contributed by atoms with van der Waals surface area (Å²) in [5, 5.41) is 0.875. The number of fused-ring (bicyclic) bond motifs is 1. The van der Waals surface area contributed by atoms with Gasteiger partial charge in [-0.05, 0) is 42.8 Å². The van der Waals surface area contributed by atoms with Crippen molar-refractivity contribution in [3.8, 4) is 5.75 Å². The lowest BCUT2D eigenvalue weighted by molar-refractivity contribution is 0.103. The topological polar surface area (TPSA) is 39.2 Å². The quantitative estimate of drug-likeness (QED) is 0.684. The van der Waals surface area contributed by atoms with E-state index in [1.807, 2.05) is 49.4 Å². The summed E-state index contributed by atoms with van der Waals surface area (Å²) in [6.45, 7) is 1.92. The van der Waals surface area contributed by atoms with Gasteiger partial charge in [0, 0.05) is 22.7 Å². The third-order valence-corrected chi connectivity index (χ3v) is 3.57. The normalized spacial score (nSPS) is 10.6. The van der Waals surface area contributed by atoms with Gasteiger partial charge in [0.25, 0.3) is 0 Å². The molecule has 0 N–H and O–H groups in total. The molecule has 0 atom stereocenters. The maximum atomic E-state index is 12.8. The number of para-hydroxylation sites is 1. The molecule has 1 heterocycles. The predicted octanol–water partition coefficient (Wildman–Crippen LogP) is 3.78. The Labute approximate surface area is 123 Å². The minimum Gasteiger partial charge on any atom is -0.497 e. The number of aromatic nitrogens is 1. The van der Waals surface area contributed by atoms with Gasteiger partial charge in [-0.25, -0.2) is 0 Å². The van der Waals surface area contributed by atoms with E-state index in [2.05, 4.69) is 4.98 Å². The summed E-state index contributed by atoms with van der Waals surface area (Å²) in [6, 6.07) is 14.9. The molecule has 0 aliphatic rings. The van der Waals surface area contributed by atoms with Crippen LogP contribution in [0.1, 0.15) is 21.5 Å². The summed E-state index contributed by atoms with van der Waals surface area (Å²) >= 11 is 0. The summed E-state index contributed by atoms with van der Waals surface area (Å²) in [7, 11) is 1.62. The van der Waals surface area contributed by atoms with Gasteiger partial charge in [0.15, 0.2) is 5.78 Å². The Hall–Kier alpha value is -2.68. The largest absolute Gasteiger partial charge is 0.497 e.